The summed E-state index contributed by atoms with van der Waals surface area (Å²) in [4.78, 5) is 25.9. The Kier molecular flexibility index (Phi) is 3.85. The molecule has 1 aliphatic heterocycles. The van der Waals surface area contributed by atoms with Crippen LogP contribution in [-0.4, -0.2) is 65.3 Å². The summed E-state index contributed by atoms with van der Waals surface area (Å²) >= 11 is 0. The highest BCUT2D eigenvalue weighted by atomic mass is 16.5. The number of carbonyl (C=O) groups is 1. The van der Waals surface area contributed by atoms with Gasteiger partial charge in [0.15, 0.2) is 0 Å². The minimum Gasteiger partial charge on any atom is -0.383 e. The van der Waals surface area contributed by atoms with Gasteiger partial charge in [-0.05, 0) is 12.5 Å². The standard InChI is InChI=1S/C14H18N4O3/c1-20-7-9-5-10(21-2)6-18(9)14(19)12-11-3-4-15-13(11)17-8-16-12/h3-4,8-10H,5-7H2,1-2H3,(H,15,16,17)/t9-,10+/m0/s1. The maximum absolute atomic E-state index is 12.8. The summed E-state index contributed by atoms with van der Waals surface area (Å²) in [7, 11) is 3.30. The lowest BCUT2D eigenvalue weighted by atomic mass is 10.2. The quantitative estimate of drug-likeness (QED) is 0.902. The zero-order chi connectivity index (χ0) is 14.8. The van der Waals surface area contributed by atoms with E-state index in [1.165, 1.54) is 6.33 Å². The smallest absolute Gasteiger partial charge is 0.273 e. The van der Waals surface area contributed by atoms with Gasteiger partial charge in [0.2, 0.25) is 0 Å². The van der Waals surface area contributed by atoms with Crippen molar-refractivity contribution >= 4 is 16.9 Å². The highest BCUT2D eigenvalue weighted by molar-refractivity contribution is 6.03. The average molecular weight is 290 g/mol. The van der Waals surface area contributed by atoms with Gasteiger partial charge >= 0.3 is 0 Å². The van der Waals surface area contributed by atoms with Crippen molar-refractivity contribution in [2.24, 2.45) is 0 Å². The third-order valence-corrected chi connectivity index (χ3v) is 3.89. The van der Waals surface area contributed by atoms with Crippen LogP contribution in [0.2, 0.25) is 0 Å². The lowest BCUT2D eigenvalue weighted by Crippen LogP contribution is -2.39. The Balaban J connectivity index is 1.91. The normalized spacial score (nSPS) is 22.1. The second-order valence-electron chi connectivity index (χ2n) is 5.12. The molecule has 1 fully saturated rings. The minimum atomic E-state index is -0.108. The SMILES string of the molecule is COC[C@@H]1C[C@@H](OC)CN1C(=O)c1ncnc2[nH]ccc12. The Labute approximate surface area is 122 Å². The number of ether oxygens (including phenoxy) is 2. The van der Waals surface area contributed by atoms with Crippen molar-refractivity contribution < 1.29 is 14.3 Å². The number of H-pyrrole nitrogens is 1. The van der Waals surface area contributed by atoms with E-state index in [0.29, 0.717) is 24.5 Å². The monoisotopic (exact) mass is 290 g/mol. The predicted octanol–water partition coefficient (Wildman–Crippen LogP) is 0.834. The Hall–Kier alpha value is -1.99. The van der Waals surface area contributed by atoms with Crippen LogP contribution in [-0.2, 0) is 9.47 Å². The molecule has 0 aliphatic carbocycles. The summed E-state index contributed by atoms with van der Waals surface area (Å²) in [5.74, 6) is -0.108. The molecule has 0 spiro atoms. The third kappa shape index (κ3) is 2.50. The number of nitrogens with zero attached hydrogens (tertiary/aromatic N) is 3. The van der Waals surface area contributed by atoms with E-state index in [4.69, 9.17) is 9.47 Å². The van der Waals surface area contributed by atoms with E-state index in [1.807, 2.05) is 6.07 Å². The van der Waals surface area contributed by atoms with E-state index >= 15 is 0 Å². The number of fused-ring (bicyclic) bond motifs is 1. The Morgan fingerprint density at radius 3 is 3.10 bits per heavy atom. The van der Waals surface area contributed by atoms with Crippen molar-refractivity contribution in [1.82, 2.24) is 19.9 Å². The van der Waals surface area contributed by atoms with Gasteiger partial charge < -0.3 is 19.4 Å². The summed E-state index contributed by atoms with van der Waals surface area (Å²) in [5, 5.41) is 0.736. The second-order valence-corrected chi connectivity index (χ2v) is 5.12. The number of amides is 1. The van der Waals surface area contributed by atoms with Crippen LogP contribution in [0.5, 0.6) is 0 Å². The van der Waals surface area contributed by atoms with E-state index in [9.17, 15) is 4.79 Å². The molecular weight excluding hydrogens is 272 g/mol. The van der Waals surface area contributed by atoms with E-state index in [-0.39, 0.29) is 18.1 Å². The van der Waals surface area contributed by atoms with E-state index in [2.05, 4.69) is 15.0 Å². The summed E-state index contributed by atoms with van der Waals surface area (Å²) in [6.07, 6.45) is 3.97. The van der Waals surface area contributed by atoms with Crippen LogP contribution >= 0.6 is 0 Å². The molecule has 0 bridgehead atoms. The Morgan fingerprint density at radius 2 is 2.33 bits per heavy atom. The van der Waals surface area contributed by atoms with Crippen molar-refractivity contribution in [2.45, 2.75) is 18.6 Å². The van der Waals surface area contributed by atoms with Crippen LogP contribution in [0.1, 0.15) is 16.9 Å². The zero-order valence-corrected chi connectivity index (χ0v) is 12.1. The van der Waals surface area contributed by atoms with Crippen molar-refractivity contribution in [3.8, 4) is 0 Å². The molecule has 2 aromatic rings. The minimum absolute atomic E-state index is 0.0106. The van der Waals surface area contributed by atoms with Gasteiger partial charge in [-0.25, -0.2) is 9.97 Å². The largest absolute Gasteiger partial charge is 0.383 e. The van der Waals surface area contributed by atoms with E-state index in [1.54, 1.807) is 25.3 Å². The summed E-state index contributed by atoms with van der Waals surface area (Å²) in [6.45, 7) is 1.05. The molecule has 2 atom stereocenters. The van der Waals surface area contributed by atoms with Crippen LogP contribution in [0.15, 0.2) is 18.6 Å². The lowest BCUT2D eigenvalue weighted by Gasteiger charge is -2.23. The number of nitrogens with one attached hydrogen (secondary N) is 1. The van der Waals surface area contributed by atoms with Crippen LogP contribution in [0.25, 0.3) is 11.0 Å². The van der Waals surface area contributed by atoms with Gasteiger partial charge in [-0.1, -0.05) is 0 Å². The van der Waals surface area contributed by atoms with Crippen molar-refractivity contribution in [1.29, 1.82) is 0 Å². The summed E-state index contributed by atoms with van der Waals surface area (Å²) in [6, 6.07) is 1.83. The fraction of sp³-hybridized carbons (Fsp3) is 0.500. The fourth-order valence-electron chi connectivity index (χ4n) is 2.82. The lowest BCUT2D eigenvalue weighted by molar-refractivity contribution is 0.0608. The predicted molar refractivity (Wildman–Crippen MR) is 76.0 cm³/mol. The first kappa shape index (κ1) is 14.0. The first-order chi connectivity index (χ1) is 10.2. The van der Waals surface area contributed by atoms with E-state index in [0.717, 1.165) is 11.8 Å². The molecule has 21 heavy (non-hydrogen) atoms. The first-order valence-corrected chi connectivity index (χ1v) is 6.85. The molecule has 1 saturated heterocycles. The highest BCUT2D eigenvalue weighted by Gasteiger charge is 2.36. The number of hydrogen-bond acceptors (Lipinski definition) is 5. The van der Waals surface area contributed by atoms with Crippen LogP contribution in [0, 0.1) is 0 Å². The molecule has 3 rings (SSSR count). The van der Waals surface area contributed by atoms with Gasteiger partial charge in [0.25, 0.3) is 5.91 Å². The summed E-state index contributed by atoms with van der Waals surface area (Å²) in [5.41, 5.74) is 1.08. The van der Waals surface area contributed by atoms with Crippen molar-refractivity contribution in [3.63, 3.8) is 0 Å². The molecule has 2 aromatic heterocycles. The Morgan fingerprint density at radius 1 is 1.48 bits per heavy atom. The van der Waals surface area contributed by atoms with E-state index < -0.39 is 0 Å². The van der Waals surface area contributed by atoms with Gasteiger partial charge in [0, 0.05) is 27.0 Å². The average Bonchev–Trinajstić information content (AvgIpc) is 3.12. The van der Waals surface area contributed by atoms with Crippen molar-refractivity contribution in [3.05, 3.63) is 24.3 Å². The molecule has 7 nitrogen and oxygen atoms in total. The molecule has 1 amide bonds. The number of carbonyl (C=O) groups excluding carboxylic acids is 1. The molecular formula is C14H18N4O3. The molecule has 0 saturated carbocycles. The van der Waals surface area contributed by atoms with Crippen LogP contribution in [0.3, 0.4) is 0 Å². The molecule has 0 aromatic carbocycles. The Bertz CT molecular complexity index is 642. The molecule has 1 N–H and O–H groups in total. The fourth-order valence-corrected chi connectivity index (χ4v) is 2.82. The molecule has 7 heteroatoms. The van der Waals surface area contributed by atoms with Gasteiger partial charge in [-0.15, -0.1) is 0 Å². The van der Waals surface area contributed by atoms with Crippen LogP contribution in [0.4, 0.5) is 0 Å². The number of methoxy groups -OCH3 is 2. The number of aromatic nitrogens is 3. The molecule has 0 radical (unpaired) electrons. The maximum Gasteiger partial charge on any atom is 0.273 e. The molecule has 3 heterocycles. The maximum atomic E-state index is 12.8. The zero-order valence-electron chi connectivity index (χ0n) is 12.1. The number of aromatic amines is 1. The highest BCUT2D eigenvalue weighted by Crippen LogP contribution is 2.24. The number of rotatable bonds is 4. The number of likely N-dealkylation sites (tertiary alicyclic amines) is 1. The first-order valence-electron chi connectivity index (χ1n) is 6.85. The van der Waals surface area contributed by atoms with Gasteiger partial charge in [-0.3, -0.25) is 4.79 Å². The molecule has 112 valence electrons. The second kappa shape index (κ2) is 5.79. The van der Waals surface area contributed by atoms with Crippen molar-refractivity contribution in [2.75, 3.05) is 27.4 Å². The van der Waals surface area contributed by atoms with Gasteiger partial charge in [0.05, 0.1) is 24.1 Å². The van der Waals surface area contributed by atoms with Gasteiger partial charge in [0.1, 0.15) is 17.7 Å². The van der Waals surface area contributed by atoms with Gasteiger partial charge in [-0.2, -0.15) is 0 Å². The number of hydrogen-bond donors (Lipinski definition) is 1. The molecule has 0 unspecified atom stereocenters. The molecule has 1 aliphatic rings. The van der Waals surface area contributed by atoms with Crippen LogP contribution < -0.4 is 0 Å². The third-order valence-electron chi connectivity index (χ3n) is 3.89. The topological polar surface area (TPSA) is 80.3 Å². The summed E-state index contributed by atoms with van der Waals surface area (Å²) < 4.78 is 10.6.